The zero-order valence-corrected chi connectivity index (χ0v) is 13.2. The highest BCUT2D eigenvalue weighted by atomic mass is 35.5. The molecule has 2 aromatic rings. The van der Waals surface area contributed by atoms with Crippen LogP contribution in [-0.2, 0) is 0 Å². The summed E-state index contributed by atoms with van der Waals surface area (Å²) in [7, 11) is 0. The third-order valence-electron chi connectivity index (χ3n) is 4.61. The fourth-order valence-electron chi connectivity index (χ4n) is 3.28. The number of rotatable bonds is 4. The summed E-state index contributed by atoms with van der Waals surface area (Å²) in [6.07, 6.45) is 3.03. The lowest BCUT2D eigenvalue weighted by molar-refractivity contribution is 0.0964. The van der Waals surface area contributed by atoms with Crippen molar-refractivity contribution in [3.8, 4) is 0 Å². The van der Waals surface area contributed by atoms with Crippen LogP contribution in [0.1, 0.15) is 41.4 Å². The zero-order valence-electron chi connectivity index (χ0n) is 12.4. The van der Waals surface area contributed by atoms with Gasteiger partial charge in [0.15, 0.2) is 11.6 Å². The molecule has 1 saturated heterocycles. The van der Waals surface area contributed by atoms with Gasteiger partial charge in [0.05, 0.1) is 10.7 Å². The van der Waals surface area contributed by atoms with Crippen molar-refractivity contribution in [2.45, 2.75) is 25.2 Å². The van der Waals surface area contributed by atoms with Gasteiger partial charge in [0.25, 0.3) is 0 Å². The van der Waals surface area contributed by atoms with Crippen molar-refractivity contribution in [3.05, 3.63) is 45.2 Å². The van der Waals surface area contributed by atoms with E-state index in [1.807, 2.05) is 12.1 Å². The Hall–Kier alpha value is -2.08. The van der Waals surface area contributed by atoms with Crippen LogP contribution in [0.3, 0.4) is 0 Å². The third-order valence-corrected chi connectivity index (χ3v) is 4.92. The van der Waals surface area contributed by atoms with Crippen LogP contribution >= 0.6 is 11.6 Å². The molecule has 1 N–H and O–H groups in total. The van der Waals surface area contributed by atoms with Gasteiger partial charge in [0, 0.05) is 30.5 Å². The second kappa shape index (κ2) is 5.53. The predicted molar refractivity (Wildman–Crippen MR) is 85.2 cm³/mol. The topological polar surface area (TPSA) is 79.2 Å². The van der Waals surface area contributed by atoms with Crippen molar-refractivity contribution >= 4 is 23.1 Å². The number of ketones is 1. The summed E-state index contributed by atoms with van der Waals surface area (Å²) in [4.78, 5) is 28.3. The average Bonchev–Trinajstić information content (AvgIpc) is 2.94. The average molecular weight is 334 g/mol. The van der Waals surface area contributed by atoms with E-state index in [0.717, 1.165) is 18.8 Å². The van der Waals surface area contributed by atoms with E-state index in [-0.39, 0.29) is 17.6 Å². The van der Waals surface area contributed by atoms with Gasteiger partial charge >= 0.3 is 5.76 Å². The van der Waals surface area contributed by atoms with E-state index in [2.05, 4.69) is 19.6 Å². The first-order valence-corrected chi connectivity index (χ1v) is 8.16. The van der Waals surface area contributed by atoms with E-state index in [4.69, 9.17) is 11.6 Å². The molecule has 0 amide bonds. The number of aromatic amines is 1. The molecule has 4 rings (SSSR count). The quantitative estimate of drug-likeness (QED) is 0.870. The number of carbonyl (C=O) groups excluding carboxylic acids is 1. The van der Waals surface area contributed by atoms with E-state index >= 15 is 0 Å². The van der Waals surface area contributed by atoms with Gasteiger partial charge in [-0.15, -0.1) is 0 Å². The monoisotopic (exact) mass is 333 g/mol. The van der Waals surface area contributed by atoms with Crippen molar-refractivity contribution < 1.29 is 9.32 Å². The van der Waals surface area contributed by atoms with Crippen molar-refractivity contribution in [2.75, 3.05) is 18.0 Å². The number of anilines is 1. The highest BCUT2D eigenvalue weighted by molar-refractivity contribution is 6.33. The summed E-state index contributed by atoms with van der Waals surface area (Å²) < 4.78 is 4.49. The maximum Gasteiger partial charge on any atom is 0.438 e. The number of hydrogen-bond donors (Lipinski definition) is 1. The molecule has 0 radical (unpaired) electrons. The Bertz CT molecular complexity index is 807. The Morgan fingerprint density at radius 1 is 1.35 bits per heavy atom. The van der Waals surface area contributed by atoms with E-state index in [9.17, 15) is 9.59 Å². The molecule has 2 atom stereocenters. The van der Waals surface area contributed by atoms with Crippen LogP contribution in [0, 0.1) is 5.92 Å². The zero-order chi connectivity index (χ0) is 16.0. The van der Waals surface area contributed by atoms with Crippen LogP contribution in [0.15, 0.2) is 27.5 Å². The normalized spacial score (nSPS) is 23.3. The number of halogens is 1. The third kappa shape index (κ3) is 2.67. The summed E-state index contributed by atoms with van der Waals surface area (Å²) in [5.74, 6) is -0.326. The highest BCUT2D eigenvalue weighted by Gasteiger charge is 2.46. The van der Waals surface area contributed by atoms with Crippen LogP contribution in [0.25, 0.3) is 0 Å². The lowest BCUT2D eigenvalue weighted by Crippen LogP contribution is -2.18. The Kier molecular flexibility index (Phi) is 3.49. The summed E-state index contributed by atoms with van der Waals surface area (Å²) in [6.45, 7) is 2.02. The SMILES string of the molecule is O=C(c1ccc(N2CCCC2)c(Cl)c1)[C@H]1C[C@@H]1c1noc(=O)[nH]1. The summed E-state index contributed by atoms with van der Waals surface area (Å²) in [5, 5.41) is 4.28. The van der Waals surface area contributed by atoms with Crippen LogP contribution in [0.2, 0.25) is 5.02 Å². The van der Waals surface area contributed by atoms with Gasteiger partial charge < -0.3 is 4.90 Å². The van der Waals surface area contributed by atoms with Gasteiger partial charge in [0.2, 0.25) is 0 Å². The minimum absolute atomic E-state index is 0.0359. The fraction of sp³-hybridized carbons (Fsp3) is 0.438. The number of nitrogens with one attached hydrogen (secondary N) is 1. The molecule has 6 nitrogen and oxygen atoms in total. The first-order valence-electron chi connectivity index (χ1n) is 7.78. The second-order valence-electron chi connectivity index (χ2n) is 6.15. The first-order chi connectivity index (χ1) is 11.1. The molecular weight excluding hydrogens is 318 g/mol. The number of aromatic nitrogens is 2. The Balaban J connectivity index is 1.51. The number of nitrogens with zero attached hydrogens (tertiary/aromatic N) is 2. The molecule has 1 aliphatic carbocycles. The molecule has 2 fully saturated rings. The molecule has 1 saturated carbocycles. The number of H-pyrrole nitrogens is 1. The van der Waals surface area contributed by atoms with Crippen molar-refractivity contribution in [1.82, 2.24) is 10.1 Å². The van der Waals surface area contributed by atoms with Gasteiger partial charge in [0.1, 0.15) is 0 Å². The molecule has 1 aromatic heterocycles. The molecule has 1 aromatic carbocycles. The van der Waals surface area contributed by atoms with Crippen molar-refractivity contribution in [1.29, 1.82) is 0 Å². The van der Waals surface area contributed by atoms with Gasteiger partial charge in [-0.25, -0.2) is 4.79 Å². The highest BCUT2D eigenvalue weighted by Crippen LogP contribution is 2.48. The summed E-state index contributed by atoms with van der Waals surface area (Å²) >= 11 is 6.37. The smallest absolute Gasteiger partial charge is 0.370 e. The Morgan fingerprint density at radius 3 is 2.78 bits per heavy atom. The summed E-state index contributed by atoms with van der Waals surface area (Å²) in [6, 6.07) is 5.51. The lowest BCUT2D eigenvalue weighted by atomic mass is 10.0. The van der Waals surface area contributed by atoms with E-state index in [0.29, 0.717) is 22.8 Å². The lowest BCUT2D eigenvalue weighted by Gasteiger charge is -2.19. The van der Waals surface area contributed by atoms with Gasteiger partial charge in [-0.2, -0.15) is 0 Å². The summed E-state index contributed by atoms with van der Waals surface area (Å²) in [5.41, 5.74) is 1.60. The number of benzene rings is 1. The largest absolute Gasteiger partial charge is 0.438 e. The predicted octanol–water partition coefficient (Wildman–Crippen LogP) is 2.60. The molecule has 2 aliphatic rings. The van der Waals surface area contributed by atoms with Crippen molar-refractivity contribution in [2.24, 2.45) is 5.92 Å². The standard InChI is InChI=1S/C16H16ClN3O3/c17-12-7-9(3-4-13(12)20-5-1-2-6-20)14(21)10-8-11(10)15-18-16(22)23-19-15/h3-4,7,10-11H,1-2,5-6,8H2,(H,18,19,22)/t10-,11-/m0/s1. The van der Waals surface area contributed by atoms with E-state index < -0.39 is 5.76 Å². The minimum atomic E-state index is -0.587. The van der Waals surface area contributed by atoms with E-state index in [1.54, 1.807) is 6.07 Å². The minimum Gasteiger partial charge on any atom is -0.370 e. The van der Waals surface area contributed by atoms with Crippen molar-refractivity contribution in [3.63, 3.8) is 0 Å². The fourth-order valence-corrected chi connectivity index (χ4v) is 3.58. The molecule has 0 spiro atoms. The Labute approximate surface area is 137 Å². The number of carbonyl (C=O) groups is 1. The number of Topliss-reactive ketones (excluding diaryl/α,β-unsaturated/α-hetero) is 1. The molecule has 120 valence electrons. The maximum absolute atomic E-state index is 12.6. The maximum atomic E-state index is 12.6. The molecule has 7 heteroatoms. The van der Waals surface area contributed by atoms with E-state index in [1.165, 1.54) is 12.8 Å². The van der Waals surface area contributed by atoms with Crippen LogP contribution in [-0.4, -0.2) is 29.0 Å². The molecule has 1 aliphatic heterocycles. The second-order valence-corrected chi connectivity index (χ2v) is 6.56. The van der Waals surface area contributed by atoms with Crippen LogP contribution < -0.4 is 10.7 Å². The molecule has 0 unspecified atom stereocenters. The van der Waals surface area contributed by atoms with Gasteiger partial charge in [-0.3, -0.25) is 14.3 Å². The van der Waals surface area contributed by atoms with Crippen LogP contribution in [0.5, 0.6) is 0 Å². The Morgan fingerprint density at radius 2 is 2.13 bits per heavy atom. The van der Waals surface area contributed by atoms with Gasteiger partial charge in [-0.05, 0) is 37.5 Å². The van der Waals surface area contributed by atoms with Crippen LogP contribution in [0.4, 0.5) is 5.69 Å². The van der Waals surface area contributed by atoms with Gasteiger partial charge in [-0.1, -0.05) is 16.8 Å². The molecular formula is C16H16ClN3O3. The first kappa shape index (κ1) is 14.5. The molecule has 23 heavy (non-hydrogen) atoms. The molecule has 0 bridgehead atoms. The molecule has 2 heterocycles. The number of hydrogen-bond acceptors (Lipinski definition) is 5.